The summed E-state index contributed by atoms with van der Waals surface area (Å²) in [7, 11) is 0. The summed E-state index contributed by atoms with van der Waals surface area (Å²) in [5.41, 5.74) is 0. The molecule has 1 aromatic carbocycles. The second-order valence-corrected chi connectivity index (χ2v) is 5.71. The summed E-state index contributed by atoms with van der Waals surface area (Å²) in [5, 5.41) is 12.2. The van der Waals surface area contributed by atoms with Crippen LogP contribution in [0.3, 0.4) is 0 Å². The van der Waals surface area contributed by atoms with Crippen molar-refractivity contribution in [1.29, 1.82) is 0 Å². The monoisotopic (exact) mass is 286 g/mol. The molecule has 1 aliphatic heterocycles. The molecule has 1 aliphatic rings. The normalized spacial score (nSPS) is 17.8. The maximum Gasteiger partial charge on any atom is 0.150 e. The summed E-state index contributed by atoms with van der Waals surface area (Å²) in [6.45, 7) is 6.95. The molecule has 0 aliphatic carbocycles. The van der Waals surface area contributed by atoms with Crippen molar-refractivity contribution in [3.05, 3.63) is 42.0 Å². The van der Waals surface area contributed by atoms with Crippen molar-refractivity contribution < 1.29 is 4.74 Å². The zero-order valence-electron chi connectivity index (χ0n) is 12.6. The van der Waals surface area contributed by atoms with Gasteiger partial charge in [0.2, 0.25) is 0 Å². The van der Waals surface area contributed by atoms with E-state index in [1.807, 2.05) is 30.3 Å². The van der Waals surface area contributed by atoms with Gasteiger partial charge in [-0.25, -0.2) is 0 Å². The molecule has 3 rings (SSSR count). The third kappa shape index (κ3) is 3.08. The van der Waals surface area contributed by atoms with Gasteiger partial charge in [-0.2, -0.15) is 0 Å². The Morgan fingerprint density at radius 2 is 2.10 bits per heavy atom. The predicted molar refractivity (Wildman–Crippen MR) is 81.2 cm³/mol. The molecule has 2 heterocycles. The Hall–Kier alpha value is -1.88. The molecule has 0 saturated carbocycles. The lowest BCUT2D eigenvalue weighted by Crippen LogP contribution is -2.37. The van der Waals surface area contributed by atoms with Crippen molar-refractivity contribution in [1.82, 2.24) is 20.1 Å². The minimum Gasteiger partial charge on any atom is -0.493 e. The topological polar surface area (TPSA) is 52.0 Å². The van der Waals surface area contributed by atoms with Crippen LogP contribution in [0.4, 0.5) is 0 Å². The van der Waals surface area contributed by atoms with Crippen molar-refractivity contribution in [2.45, 2.75) is 32.9 Å². The number of ether oxygens (including phenoxy) is 1. The summed E-state index contributed by atoms with van der Waals surface area (Å²) in [5.74, 6) is 3.50. The van der Waals surface area contributed by atoms with Gasteiger partial charge in [0.1, 0.15) is 11.6 Å². The van der Waals surface area contributed by atoms with E-state index in [1.54, 1.807) is 0 Å². The molecule has 1 unspecified atom stereocenters. The smallest absolute Gasteiger partial charge is 0.150 e. The van der Waals surface area contributed by atoms with Gasteiger partial charge in [0, 0.05) is 19.5 Å². The first kappa shape index (κ1) is 14.1. The van der Waals surface area contributed by atoms with E-state index in [0.29, 0.717) is 18.6 Å². The van der Waals surface area contributed by atoms with Gasteiger partial charge < -0.3 is 14.6 Å². The minimum absolute atomic E-state index is 0.301. The summed E-state index contributed by atoms with van der Waals surface area (Å²) in [6.07, 6.45) is 0.784. The maximum absolute atomic E-state index is 5.75. The summed E-state index contributed by atoms with van der Waals surface area (Å²) >= 11 is 0. The summed E-state index contributed by atoms with van der Waals surface area (Å²) in [4.78, 5) is 0. The van der Waals surface area contributed by atoms with E-state index < -0.39 is 0 Å². The molecular formula is C16H22N4O. The highest BCUT2D eigenvalue weighted by Gasteiger charge is 2.26. The van der Waals surface area contributed by atoms with Crippen LogP contribution >= 0.6 is 0 Å². The highest BCUT2D eigenvalue weighted by atomic mass is 16.5. The van der Waals surface area contributed by atoms with Crippen LogP contribution in [-0.4, -0.2) is 27.9 Å². The van der Waals surface area contributed by atoms with Crippen LogP contribution in [0.15, 0.2) is 30.3 Å². The molecule has 1 atom stereocenters. The third-order valence-electron chi connectivity index (χ3n) is 3.84. The first-order valence-corrected chi connectivity index (χ1v) is 7.59. The van der Waals surface area contributed by atoms with Gasteiger partial charge in [0.05, 0.1) is 12.6 Å². The Morgan fingerprint density at radius 1 is 1.29 bits per heavy atom. The quantitative estimate of drug-likeness (QED) is 0.915. The van der Waals surface area contributed by atoms with Gasteiger partial charge in [-0.1, -0.05) is 32.0 Å². The van der Waals surface area contributed by atoms with Gasteiger partial charge in [0.25, 0.3) is 0 Å². The average Bonchev–Trinajstić information content (AvgIpc) is 2.91. The zero-order valence-corrected chi connectivity index (χ0v) is 12.6. The number of nitrogens with zero attached hydrogens (tertiary/aromatic N) is 3. The molecule has 5 heteroatoms. The molecule has 2 aromatic rings. The number of aromatic nitrogens is 3. The molecule has 0 amide bonds. The van der Waals surface area contributed by atoms with Crippen molar-refractivity contribution in [3.8, 4) is 5.75 Å². The lowest BCUT2D eigenvalue weighted by Gasteiger charge is -2.27. The van der Waals surface area contributed by atoms with E-state index in [1.165, 1.54) is 0 Å². The first-order chi connectivity index (χ1) is 10.3. The largest absolute Gasteiger partial charge is 0.493 e. The Bertz CT molecular complexity index is 579. The van der Waals surface area contributed by atoms with E-state index in [-0.39, 0.29) is 0 Å². The number of rotatable bonds is 5. The number of nitrogens with one attached hydrogen (secondary N) is 1. The van der Waals surface area contributed by atoms with Crippen LogP contribution in [0, 0.1) is 5.92 Å². The molecule has 112 valence electrons. The number of hydrogen-bond acceptors (Lipinski definition) is 4. The SMILES string of the molecule is CC(C)C1NCCn2c(CCOc3ccccc3)nnc21. The summed E-state index contributed by atoms with van der Waals surface area (Å²) in [6, 6.07) is 10.2. The molecule has 0 bridgehead atoms. The molecule has 0 saturated heterocycles. The molecule has 1 N–H and O–H groups in total. The highest BCUT2D eigenvalue weighted by molar-refractivity contribution is 5.20. The van der Waals surface area contributed by atoms with E-state index in [0.717, 1.165) is 36.9 Å². The van der Waals surface area contributed by atoms with Gasteiger partial charge >= 0.3 is 0 Å². The standard InChI is InChI=1S/C16H22N4O/c1-12(2)15-16-19-18-14(20(16)10-9-17-15)8-11-21-13-6-4-3-5-7-13/h3-7,12,15,17H,8-11H2,1-2H3. The van der Waals surface area contributed by atoms with Gasteiger partial charge in [-0.15, -0.1) is 10.2 Å². The zero-order chi connectivity index (χ0) is 14.7. The van der Waals surface area contributed by atoms with Crippen LogP contribution in [-0.2, 0) is 13.0 Å². The lowest BCUT2D eigenvalue weighted by molar-refractivity contribution is 0.308. The molecule has 0 fully saturated rings. The highest BCUT2D eigenvalue weighted by Crippen LogP contribution is 2.23. The number of para-hydroxylation sites is 1. The van der Waals surface area contributed by atoms with Crippen molar-refractivity contribution in [2.75, 3.05) is 13.2 Å². The number of fused-ring (bicyclic) bond motifs is 1. The Labute approximate surface area is 125 Å². The maximum atomic E-state index is 5.75. The van der Waals surface area contributed by atoms with Crippen LogP contribution in [0.2, 0.25) is 0 Å². The predicted octanol–water partition coefficient (Wildman–Crippen LogP) is 2.20. The second-order valence-electron chi connectivity index (χ2n) is 5.71. The van der Waals surface area contributed by atoms with Crippen LogP contribution in [0.25, 0.3) is 0 Å². The van der Waals surface area contributed by atoms with E-state index in [4.69, 9.17) is 4.74 Å². The van der Waals surface area contributed by atoms with Crippen molar-refractivity contribution in [2.24, 2.45) is 5.92 Å². The Kier molecular flexibility index (Phi) is 4.20. The molecule has 5 nitrogen and oxygen atoms in total. The Balaban J connectivity index is 1.65. The third-order valence-corrected chi connectivity index (χ3v) is 3.84. The van der Waals surface area contributed by atoms with Crippen molar-refractivity contribution >= 4 is 0 Å². The second kappa shape index (κ2) is 6.26. The average molecular weight is 286 g/mol. The van der Waals surface area contributed by atoms with Gasteiger partial charge in [-0.05, 0) is 18.1 Å². The van der Waals surface area contributed by atoms with E-state index in [2.05, 4.69) is 33.9 Å². The Morgan fingerprint density at radius 3 is 2.86 bits per heavy atom. The molecule has 21 heavy (non-hydrogen) atoms. The van der Waals surface area contributed by atoms with Crippen LogP contribution in [0.5, 0.6) is 5.75 Å². The minimum atomic E-state index is 0.301. The fourth-order valence-electron chi connectivity index (χ4n) is 2.74. The van der Waals surface area contributed by atoms with Crippen molar-refractivity contribution in [3.63, 3.8) is 0 Å². The van der Waals surface area contributed by atoms with E-state index >= 15 is 0 Å². The molecule has 0 spiro atoms. The first-order valence-electron chi connectivity index (χ1n) is 7.59. The van der Waals surface area contributed by atoms with Crippen LogP contribution in [0.1, 0.15) is 31.5 Å². The lowest BCUT2D eigenvalue weighted by atomic mass is 10.0. The number of hydrogen-bond donors (Lipinski definition) is 1. The molecular weight excluding hydrogens is 264 g/mol. The van der Waals surface area contributed by atoms with Crippen LogP contribution < -0.4 is 10.1 Å². The molecule has 1 aromatic heterocycles. The number of benzene rings is 1. The fourth-order valence-corrected chi connectivity index (χ4v) is 2.74. The van der Waals surface area contributed by atoms with E-state index in [9.17, 15) is 0 Å². The summed E-state index contributed by atoms with van der Waals surface area (Å²) < 4.78 is 7.99. The fraction of sp³-hybridized carbons (Fsp3) is 0.500. The van der Waals surface area contributed by atoms with Gasteiger partial charge in [0.15, 0.2) is 5.82 Å². The molecule has 0 radical (unpaired) electrons. The van der Waals surface area contributed by atoms with Gasteiger partial charge in [-0.3, -0.25) is 0 Å².